The predicted molar refractivity (Wildman–Crippen MR) is 89.2 cm³/mol. The van der Waals surface area contributed by atoms with E-state index in [1.165, 1.54) is 17.2 Å². The summed E-state index contributed by atoms with van der Waals surface area (Å²) in [6.07, 6.45) is 1.90. The highest BCUT2D eigenvalue weighted by atomic mass is 32.1. The van der Waals surface area contributed by atoms with Gasteiger partial charge in [0.2, 0.25) is 0 Å². The third-order valence-corrected chi connectivity index (χ3v) is 4.45. The molecule has 1 heterocycles. The molecule has 0 aliphatic heterocycles. The molecule has 3 aromatic rings. The van der Waals surface area contributed by atoms with Gasteiger partial charge in [-0.2, -0.15) is 0 Å². The maximum Gasteiger partial charge on any atom is 0.127 e. The molecule has 1 aromatic heterocycles. The van der Waals surface area contributed by atoms with Crippen molar-refractivity contribution in [3.63, 3.8) is 0 Å². The summed E-state index contributed by atoms with van der Waals surface area (Å²) in [7, 11) is 0. The average Bonchev–Trinajstić information content (AvgIpc) is 2.98. The highest BCUT2D eigenvalue weighted by molar-refractivity contribution is 7.15. The van der Waals surface area contributed by atoms with Crippen LogP contribution in [0.4, 0.5) is 4.39 Å². The number of benzene rings is 2. The van der Waals surface area contributed by atoms with Gasteiger partial charge in [0, 0.05) is 24.8 Å². The lowest BCUT2D eigenvalue weighted by Gasteiger charge is -2.03. The molecular formula is C18H17FN2S. The topological polar surface area (TPSA) is 24.9 Å². The number of hydrogen-bond acceptors (Lipinski definition) is 3. The van der Waals surface area contributed by atoms with Crippen molar-refractivity contribution in [1.29, 1.82) is 0 Å². The molecule has 0 aliphatic carbocycles. The van der Waals surface area contributed by atoms with Crippen molar-refractivity contribution >= 4 is 11.3 Å². The number of rotatable bonds is 5. The molecule has 0 radical (unpaired) electrons. The largest absolute Gasteiger partial charge is 0.306 e. The minimum absolute atomic E-state index is 0.172. The highest BCUT2D eigenvalue weighted by Gasteiger charge is 2.05. The molecule has 0 spiro atoms. The van der Waals surface area contributed by atoms with Crippen molar-refractivity contribution in [1.82, 2.24) is 10.3 Å². The molecule has 22 heavy (non-hydrogen) atoms. The zero-order chi connectivity index (χ0) is 15.4. The van der Waals surface area contributed by atoms with Crippen molar-refractivity contribution in [2.24, 2.45) is 0 Å². The van der Waals surface area contributed by atoms with Gasteiger partial charge in [-0.3, -0.25) is 0 Å². The molecule has 0 saturated carbocycles. The summed E-state index contributed by atoms with van der Waals surface area (Å²) in [6.45, 7) is 3.23. The van der Waals surface area contributed by atoms with Gasteiger partial charge in [0.15, 0.2) is 0 Å². The Morgan fingerprint density at radius 1 is 1.09 bits per heavy atom. The molecule has 0 atom stereocenters. The summed E-state index contributed by atoms with van der Waals surface area (Å²) in [5, 5.41) is 4.25. The average molecular weight is 312 g/mol. The summed E-state index contributed by atoms with van der Waals surface area (Å²) in [6, 6.07) is 15.2. The summed E-state index contributed by atoms with van der Waals surface area (Å²) in [5.74, 6) is -0.172. The Hall–Kier alpha value is -2.04. The Morgan fingerprint density at radius 3 is 2.77 bits per heavy atom. The van der Waals surface area contributed by atoms with Gasteiger partial charge < -0.3 is 5.32 Å². The van der Waals surface area contributed by atoms with Gasteiger partial charge in [-0.25, -0.2) is 9.37 Å². The van der Waals surface area contributed by atoms with Crippen LogP contribution in [0.5, 0.6) is 0 Å². The fourth-order valence-electron chi connectivity index (χ4n) is 2.27. The Bertz CT molecular complexity index is 767. The molecule has 2 aromatic carbocycles. The number of nitrogens with zero attached hydrogens (tertiary/aromatic N) is 1. The lowest BCUT2D eigenvalue weighted by molar-refractivity contribution is 0.587. The van der Waals surface area contributed by atoms with Gasteiger partial charge in [0.05, 0.1) is 4.88 Å². The SMILES string of the molecule is Cc1cccc(-c2cnc(CNCc3ccccc3F)s2)c1. The van der Waals surface area contributed by atoms with Gasteiger partial charge in [-0.15, -0.1) is 11.3 Å². The fourth-order valence-corrected chi connectivity index (χ4v) is 3.15. The third kappa shape index (κ3) is 3.59. The molecule has 0 saturated heterocycles. The van der Waals surface area contributed by atoms with Crippen LogP contribution in [0.2, 0.25) is 0 Å². The minimum atomic E-state index is -0.172. The van der Waals surface area contributed by atoms with Crippen LogP contribution in [-0.2, 0) is 13.1 Å². The van der Waals surface area contributed by atoms with Crippen LogP contribution in [0.3, 0.4) is 0 Å². The molecule has 0 fully saturated rings. The molecule has 4 heteroatoms. The molecule has 1 N–H and O–H groups in total. The number of halogens is 1. The summed E-state index contributed by atoms with van der Waals surface area (Å²) in [4.78, 5) is 5.60. The first-order valence-corrected chi connectivity index (χ1v) is 8.00. The van der Waals surface area contributed by atoms with Crippen LogP contribution in [0.25, 0.3) is 10.4 Å². The van der Waals surface area contributed by atoms with E-state index in [2.05, 4.69) is 41.5 Å². The monoisotopic (exact) mass is 312 g/mol. The molecule has 2 nitrogen and oxygen atoms in total. The smallest absolute Gasteiger partial charge is 0.127 e. The number of thiazole rings is 1. The van der Waals surface area contributed by atoms with Gasteiger partial charge >= 0.3 is 0 Å². The van der Waals surface area contributed by atoms with Crippen molar-refractivity contribution in [3.05, 3.63) is 76.7 Å². The van der Waals surface area contributed by atoms with Crippen molar-refractivity contribution in [3.8, 4) is 10.4 Å². The van der Waals surface area contributed by atoms with E-state index in [9.17, 15) is 4.39 Å². The van der Waals surface area contributed by atoms with Gasteiger partial charge in [-0.1, -0.05) is 48.0 Å². The number of aromatic nitrogens is 1. The van der Waals surface area contributed by atoms with Crippen LogP contribution >= 0.6 is 11.3 Å². The molecule has 0 unspecified atom stereocenters. The van der Waals surface area contributed by atoms with Crippen LogP contribution in [0.1, 0.15) is 16.1 Å². The molecular weight excluding hydrogens is 295 g/mol. The quantitative estimate of drug-likeness (QED) is 0.748. The van der Waals surface area contributed by atoms with E-state index in [1.807, 2.05) is 12.3 Å². The molecule has 0 aliphatic rings. The highest BCUT2D eigenvalue weighted by Crippen LogP contribution is 2.26. The summed E-state index contributed by atoms with van der Waals surface area (Å²) >= 11 is 1.67. The van der Waals surface area contributed by atoms with Crippen molar-refractivity contribution in [2.45, 2.75) is 20.0 Å². The lowest BCUT2D eigenvalue weighted by Crippen LogP contribution is -2.13. The van der Waals surface area contributed by atoms with Crippen LogP contribution in [-0.4, -0.2) is 4.98 Å². The van der Waals surface area contributed by atoms with Gasteiger partial charge in [0.1, 0.15) is 10.8 Å². The fraction of sp³-hybridized carbons (Fsp3) is 0.167. The summed E-state index contributed by atoms with van der Waals surface area (Å²) < 4.78 is 13.5. The summed E-state index contributed by atoms with van der Waals surface area (Å²) in [5.41, 5.74) is 3.11. The van der Waals surface area contributed by atoms with Gasteiger partial charge in [0.25, 0.3) is 0 Å². The Kier molecular flexibility index (Phi) is 4.61. The van der Waals surface area contributed by atoms with Crippen LogP contribution < -0.4 is 5.32 Å². The first-order valence-electron chi connectivity index (χ1n) is 7.18. The maximum atomic E-state index is 13.5. The predicted octanol–water partition coefficient (Wildman–Crippen LogP) is 4.55. The number of hydrogen-bond donors (Lipinski definition) is 1. The lowest BCUT2D eigenvalue weighted by atomic mass is 10.1. The first-order chi connectivity index (χ1) is 10.7. The minimum Gasteiger partial charge on any atom is -0.306 e. The second-order valence-corrected chi connectivity index (χ2v) is 6.30. The van der Waals surface area contributed by atoms with E-state index in [0.717, 1.165) is 9.88 Å². The molecule has 3 rings (SSSR count). The van der Waals surface area contributed by atoms with Crippen molar-refractivity contribution in [2.75, 3.05) is 0 Å². The Morgan fingerprint density at radius 2 is 1.95 bits per heavy atom. The number of aryl methyl sites for hydroxylation is 1. The van der Waals surface area contributed by atoms with E-state index < -0.39 is 0 Å². The van der Waals surface area contributed by atoms with Crippen LogP contribution in [0.15, 0.2) is 54.7 Å². The Labute approximate surface area is 133 Å². The standard InChI is InChI=1S/C18H17FN2S/c1-13-5-4-7-14(9-13)17-11-21-18(22-17)12-20-10-15-6-2-3-8-16(15)19/h2-9,11,20H,10,12H2,1H3. The van der Waals surface area contributed by atoms with Gasteiger partial charge in [-0.05, 0) is 18.6 Å². The van der Waals surface area contributed by atoms with Crippen molar-refractivity contribution < 1.29 is 4.39 Å². The van der Waals surface area contributed by atoms with E-state index in [4.69, 9.17) is 0 Å². The zero-order valence-corrected chi connectivity index (χ0v) is 13.2. The van der Waals surface area contributed by atoms with E-state index in [0.29, 0.717) is 18.7 Å². The van der Waals surface area contributed by atoms with E-state index in [-0.39, 0.29) is 5.82 Å². The zero-order valence-electron chi connectivity index (χ0n) is 12.3. The first kappa shape index (κ1) is 14.9. The third-order valence-electron chi connectivity index (χ3n) is 3.41. The Balaban J connectivity index is 1.62. The molecule has 0 amide bonds. The van der Waals surface area contributed by atoms with E-state index in [1.54, 1.807) is 23.5 Å². The second-order valence-electron chi connectivity index (χ2n) is 5.18. The van der Waals surface area contributed by atoms with E-state index >= 15 is 0 Å². The maximum absolute atomic E-state index is 13.5. The number of nitrogens with one attached hydrogen (secondary N) is 1. The molecule has 0 bridgehead atoms. The van der Waals surface area contributed by atoms with Crippen LogP contribution in [0, 0.1) is 12.7 Å². The second kappa shape index (κ2) is 6.81. The normalized spacial score (nSPS) is 10.8. The molecule has 112 valence electrons.